The third-order valence-corrected chi connectivity index (χ3v) is 2.58. The molecule has 0 atom stereocenters. The topological polar surface area (TPSA) is 68.0 Å². The number of anilines is 2. The van der Waals surface area contributed by atoms with E-state index in [0.717, 1.165) is 6.07 Å². The fourth-order valence-electron chi connectivity index (χ4n) is 1.37. The molecule has 1 aromatic carbocycles. The van der Waals surface area contributed by atoms with E-state index in [1.807, 2.05) is 0 Å². The van der Waals surface area contributed by atoms with E-state index in [2.05, 4.69) is 10.3 Å². The predicted octanol–water partition coefficient (Wildman–Crippen LogP) is 2.71. The van der Waals surface area contributed by atoms with E-state index in [4.69, 9.17) is 17.3 Å². The Hall–Kier alpha value is -2.14. The molecule has 0 radical (unpaired) electrons. The van der Waals surface area contributed by atoms with Gasteiger partial charge in [-0.1, -0.05) is 11.6 Å². The van der Waals surface area contributed by atoms with Gasteiger partial charge in [-0.3, -0.25) is 9.78 Å². The van der Waals surface area contributed by atoms with Crippen LogP contribution in [0.5, 0.6) is 0 Å². The summed E-state index contributed by atoms with van der Waals surface area (Å²) in [5.74, 6) is -1.06. The SMILES string of the molecule is Nc1ccncc1C(=O)Nc1ccc(Cl)c(F)c1. The van der Waals surface area contributed by atoms with Crippen molar-refractivity contribution in [2.24, 2.45) is 0 Å². The molecule has 4 nitrogen and oxygen atoms in total. The highest BCUT2D eigenvalue weighted by molar-refractivity contribution is 6.30. The zero-order valence-corrected chi connectivity index (χ0v) is 9.91. The number of hydrogen-bond donors (Lipinski definition) is 2. The number of nitrogens with two attached hydrogens (primary N) is 1. The summed E-state index contributed by atoms with van der Waals surface area (Å²) in [6.45, 7) is 0. The van der Waals surface area contributed by atoms with E-state index >= 15 is 0 Å². The first-order valence-electron chi connectivity index (χ1n) is 5.04. The van der Waals surface area contributed by atoms with Gasteiger partial charge in [0.1, 0.15) is 5.82 Å². The maximum absolute atomic E-state index is 13.2. The van der Waals surface area contributed by atoms with Crippen molar-refractivity contribution in [2.45, 2.75) is 0 Å². The summed E-state index contributed by atoms with van der Waals surface area (Å²) in [5, 5.41) is 2.50. The zero-order valence-electron chi connectivity index (χ0n) is 9.15. The summed E-state index contributed by atoms with van der Waals surface area (Å²) in [7, 11) is 0. The third-order valence-electron chi connectivity index (χ3n) is 2.28. The van der Waals surface area contributed by atoms with Gasteiger partial charge in [0.2, 0.25) is 0 Å². The fraction of sp³-hybridized carbons (Fsp3) is 0. The van der Waals surface area contributed by atoms with E-state index in [-0.39, 0.29) is 10.6 Å². The molecular formula is C12H9ClFN3O. The maximum Gasteiger partial charge on any atom is 0.259 e. The van der Waals surface area contributed by atoms with Crippen molar-refractivity contribution < 1.29 is 9.18 Å². The maximum atomic E-state index is 13.2. The van der Waals surface area contributed by atoms with Gasteiger partial charge in [0.15, 0.2) is 0 Å². The van der Waals surface area contributed by atoms with Crippen LogP contribution in [0.3, 0.4) is 0 Å². The van der Waals surface area contributed by atoms with Crippen LogP contribution in [0.25, 0.3) is 0 Å². The normalized spacial score (nSPS) is 10.1. The van der Waals surface area contributed by atoms with Crippen LogP contribution in [-0.4, -0.2) is 10.9 Å². The van der Waals surface area contributed by atoms with Crippen molar-refractivity contribution in [1.29, 1.82) is 0 Å². The number of hydrogen-bond acceptors (Lipinski definition) is 3. The molecule has 92 valence electrons. The summed E-state index contributed by atoms with van der Waals surface area (Å²) in [6, 6.07) is 5.50. The molecule has 0 spiro atoms. The molecule has 0 fully saturated rings. The first-order chi connectivity index (χ1) is 8.58. The lowest BCUT2D eigenvalue weighted by atomic mass is 10.2. The highest BCUT2D eigenvalue weighted by atomic mass is 35.5. The van der Waals surface area contributed by atoms with E-state index < -0.39 is 11.7 Å². The highest BCUT2D eigenvalue weighted by Gasteiger charge is 2.10. The van der Waals surface area contributed by atoms with Gasteiger partial charge in [0.25, 0.3) is 5.91 Å². The van der Waals surface area contributed by atoms with E-state index in [1.165, 1.54) is 30.6 Å². The quantitative estimate of drug-likeness (QED) is 0.877. The second-order valence-corrected chi connectivity index (χ2v) is 3.95. The van der Waals surface area contributed by atoms with E-state index in [1.54, 1.807) is 0 Å². The molecule has 6 heteroatoms. The number of halogens is 2. The molecule has 18 heavy (non-hydrogen) atoms. The van der Waals surface area contributed by atoms with Crippen LogP contribution >= 0.6 is 11.6 Å². The molecule has 0 aliphatic carbocycles. The standard InChI is InChI=1S/C12H9ClFN3O/c13-9-2-1-7(5-10(9)14)17-12(18)8-6-16-4-3-11(8)15/h1-6H,(H2,15,16)(H,17,18). The Balaban J connectivity index is 2.22. The lowest BCUT2D eigenvalue weighted by molar-refractivity contribution is 0.102. The van der Waals surface area contributed by atoms with Gasteiger partial charge in [-0.2, -0.15) is 0 Å². The van der Waals surface area contributed by atoms with Gasteiger partial charge in [-0.15, -0.1) is 0 Å². The number of nitrogens with zero attached hydrogens (tertiary/aromatic N) is 1. The number of rotatable bonds is 2. The van der Waals surface area contributed by atoms with Crippen molar-refractivity contribution in [3.05, 3.63) is 53.1 Å². The smallest absolute Gasteiger partial charge is 0.259 e. The van der Waals surface area contributed by atoms with Crippen molar-refractivity contribution in [1.82, 2.24) is 4.98 Å². The molecule has 1 heterocycles. The first kappa shape index (κ1) is 12.3. The summed E-state index contributed by atoms with van der Waals surface area (Å²) in [5.41, 5.74) is 6.46. The Morgan fingerprint density at radius 1 is 1.39 bits per heavy atom. The number of carbonyl (C=O) groups excluding carboxylic acids is 1. The van der Waals surface area contributed by atoms with Crippen LogP contribution in [-0.2, 0) is 0 Å². The molecule has 0 aliphatic rings. The third kappa shape index (κ3) is 2.57. The zero-order chi connectivity index (χ0) is 13.1. The first-order valence-corrected chi connectivity index (χ1v) is 5.41. The van der Waals surface area contributed by atoms with Crippen LogP contribution in [0.15, 0.2) is 36.7 Å². The molecule has 1 amide bonds. The molecule has 0 bridgehead atoms. The molecule has 0 unspecified atom stereocenters. The van der Waals surface area contributed by atoms with Gasteiger partial charge in [-0.25, -0.2) is 4.39 Å². The number of benzene rings is 1. The summed E-state index contributed by atoms with van der Waals surface area (Å²) >= 11 is 5.54. The molecule has 0 saturated heterocycles. The van der Waals surface area contributed by atoms with Gasteiger partial charge in [0.05, 0.1) is 10.6 Å². The van der Waals surface area contributed by atoms with Crippen LogP contribution in [0, 0.1) is 5.82 Å². The summed E-state index contributed by atoms with van der Waals surface area (Å²) in [6.07, 6.45) is 2.82. The Kier molecular flexibility index (Phi) is 3.43. The average Bonchev–Trinajstić information content (AvgIpc) is 2.34. The molecule has 3 N–H and O–H groups in total. The molecular weight excluding hydrogens is 257 g/mol. The highest BCUT2D eigenvalue weighted by Crippen LogP contribution is 2.19. The van der Waals surface area contributed by atoms with Crippen LogP contribution in [0.4, 0.5) is 15.8 Å². The second-order valence-electron chi connectivity index (χ2n) is 3.55. The number of nitrogens with one attached hydrogen (secondary N) is 1. The minimum absolute atomic E-state index is 0.00566. The summed E-state index contributed by atoms with van der Waals surface area (Å²) < 4.78 is 13.2. The van der Waals surface area contributed by atoms with Gasteiger partial charge in [0, 0.05) is 23.8 Å². The number of aromatic nitrogens is 1. The fourth-order valence-corrected chi connectivity index (χ4v) is 1.48. The van der Waals surface area contributed by atoms with Crippen LogP contribution in [0.2, 0.25) is 5.02 Å². The average molecular weight is 266 g/mol. The number of pyridine rings is 1. The van der Waals surface area contributed by atoms with Crippen molar-refractivity contribution >= 4 is 28.9 Å². The van der Waals surface area contributed by atoms with Crippen molar-refractivity contribution in [3.63, 3.8) is 0 Å². The summed E-state index contributed by atoms with van der Waals surface area (Å²) in [4.78, 5) is 15.6. The lowest BCUT2D eigenvalue weighted by Crippen LogP contribution is -2.14. The minimum Gasteiger partial charge on any atom is -0.398 e. The minimum atomic E-state index is -0.603. The molecule has 0 aliphatic heterocycles. The lowest BCUT2D eigenvalue weighted by Gasteiger charge is -2.07. The molecule has 1 aromatic heterocycles. The van der Waals surface area contributed by atoms with Gasteiger partial charge < -0.3 is 11.1 Å². The van der Waals surface area contributed by atoms with Crippen molar-refractivity contribution in [3.8, 4) is 0 Å². The van der Waals surface area contributed by atoms with Crippen LogP contribution < -0.4 is 11.1 Å². The van der Waals surface area contributed by atoms with Gasteiger partial charge in [-0.05, 0) is 24.3 Å². The number of nitrogen functional groups attached to an aromatic ring is 1. The largest absolute Gasteiger partial charge is 0.398 e. The Morgan fingerprint density at radius 2 is 2.17 bits per heavy atom. The number of amides is 1. The predicted molar refractivity (Wildman–Crippen MR) is 68.0 cm³/mol. The number of carbonyl (C=O) groups is 1. The van der Waals surface area contributed by atoms with Crippen molar-refractivity contribution in [2.75, 3.05) is 11.1 Å². The Bertz CT molecular complexity index is 604. The van der Waals surface area contributed by atoms with E-state index in [9.17, 15) is 9.18 Å². The van der Waals surface area contributed by atoms with Crippen LogP contribution in [0.1, 0.15) is 10.4 Å². The van der Waals surface area contributed by atoms with Gasteiger partial charge >= 0.3 is 0 Å². The van der Waals surface area contributed by atoms with E-state index in [0.29, 0.717) is 11.4 Å². The Labute approximate surface area is 108 Å². The molecule has 2 rings (SSSR count). The Morgan fingerprint density at radius 3 is 2.83 bits per heavy atom. The monoisotopic (exact) mass is 265 g/mol. The molecule has 0 saturated carbocycles. The second kappa shape index (κ2) is 5.01. The molecule has 2 aromatic rings.